The minimum absolute atomic E-state index is 0.0435. The van der Waals surface area contributed by atoms with Crippen molar-refractivity contribution in [3.05, 3.63) is 12.2 Å². The van der Waals surface area contributed by atoms with Crippen molar-refractivity contribution in [2.24, 2.45) is 0 Å². The van der Waals surface area contributed by atoms with Crippen LogP contribution in [0, 0.1) is 0 Å². The van der Waals surface area contributed by atoms with Gasteiger partial charge in [0.2, 0.25) is 5.92 Å². The molecule has 0 heterocycles. The van der Waals surface area contributed by atoms with Crippen LogP contribution >= 0.6 is 0 Å². The van der Waals surface area contributed by atoms with Crippen LogP contribution < -0.4 is 0 Å². The molecule has 0 atom stereocenters. The van der Waals surface area contributed by atoms with Crippen LogP contribution in [0.15, 0.2) is 12.2 Å². The summed E-state index contributed by atoms with van der Waals surface area (Å²) in [6.07, 6.45) is 10.4. The summed E-state index contributed by atoms with van der Waals surface area (Å²) in [5, 5.41) is 0. The molecular formula is C12H22F2. The van der Waals surface area contributed by atoms with Gasteiger partial charge in [0.05, 0.1) is 0 Å². The van der Waals surface area contributed by atoms with E-state index in [1.165, 1.54) is 12.8 Å². The zero-order chi connectivity index (χ0) is 10.9. The number of hydrogen-bond donors (Lipinski definition) is 0. The standard InChI is InChI=1S/C12H22F2/c1-3-4-5-6-7-8-9-10-11-12(2,13)14/h3-4H,5-11H2,1-2H3/b4-3+. The molecule has 2 heteroatoms. The fourth-order valence-corrected chi connectivity index (χ4v) is 1.39. The number of rotatable bonds is 8. The molecule has 0 saturated carbocycles. The summed E-state index contributed by atoms with van der Waals surface area (Å²) in [7, 11) is 0. The van der Waals surface area contributed by atoms with Gasteiger partial charge in [-0.05, 0) is 33.1 Å². The van der Waals surface area contributed by atoms with E-state index in [1.54, 1.807) is 0 Å². The Kier molecular flexibility index (Phi) is 7.73. The molecule has 84 valence electrons. The number of hydrogen-bond acceptors (Lipinski definition) is 0. The first-order valence-corrected chi connectivity index (χ1v) is 5.55. The topological polar surface area (TPSA) is 0 Å². The maximum Gasteiger partial charge on any atom is 0.245 e. The summed E-state index contributed by atoms with van der Waals surface area (Å²) in [6.45, 7) is 3.02. The molecule has 0 bridgehead atoms. The molecule has 0 unspecified atom stereocenters. The van der Waals surface area contributed by atoms with Crippen molar-refractivity contribution in [1.82, 2.24) is 0 Å². The number of halogens is 2. The molecule has 0 aromatic rings. The number of unbranched alkanes of at least 4 members (excludes halogenated alkanes) is 5. The second-order valence-corrected chi connectivity index (χ2v) is 3.95. The van der Waals surface area contributed by atoms with Crippen molar-refractivity contribution in [3.8, 4) is 0 Å². The van der Waals surface area contributed by atoms with Crippen molar-refractivity contribution < 1.29 is 8.78 Å². The van der Waals surface area contributed by atoms with Gasteiger partial charge in [0.1, 0.15) is 0 Å². The molecule has 0 amide bonds. The first-order valence-electron chi connectivity index (χ1n) is 5.55. The molecule has 0 aromatic heterocycles. The summed E-state index contributed by atoms with van der Waals surface area (Å²) in [6, 6.07) is 0. The van der Waals surface area contributed by atoms with E-state index in [0.717, 1.165) is 26.2 Å². The molecule has 0 aromatic carbocycles. The van der Waals surface area contributed by atoms with Crippen molar-refractivity contribution in [2.75, 3.05) is 0 Å². The van der Waals surface area contributed by atoms with E-state index in [2.05, 4.69) is 12.2 Å². The Morgan fingerprint density at radius 3 is 2.14 bits per heavy atom. The Morgan fingerprint density at radius 1 is 1.00 bits per heavy atom. The van der Waals surface area contributed by atoms with Gasteiger partial charge in [-0.3, -0.25) is 0 Å². The summed E-state index contributed by atoms with van der Waals surface area (Å²) in [5.74, 6) is -2.47. The second-order valence-electron chi connectivity index (χ2n) is 3.95. The highest BCUT2D eigenvalue weighted by molar-refractivity contribution is 4.76. The number of allylic oxidation sites excluding steroid dienone is 2. The summed E-state index contributed by atoms with van der Waals surface area (Å²) >= 11 is 0. The molecule has 0 rings (SSSR count). The van der Waals surface area contributed by atoms with E-state index < -0.39 is 5.92 Å². The molecule has 0 aliphatic rings. The van der Waals surface area contributed by atoms with Crippen molar-refractivity contribution in [1.29, 1.82) is 0 Å². The van der Waals surface area contributed by atoms with E-state index in [4.69, 9.17) is 0 Å². The van der Waals surface area contributed by atoms with Gasteiger partial charge >= 0.3 is 0 Å². The fourth-order valence-electron chi connectivity index (χ4n) is 1.39. The highest BCUT2D eigenvalue weighted by Gasteiger charge is 2.19. The smallest absolute Gasteiger partial charge is 0.207 e. The normalized spacial score (nSPS) is 12.6. The molecule has 0 fully saturated rings. The highest BCUT2D eigenvalue weighted by Crippen LogP contribution is 2.20. The molecule has 0 aliphatic heterocycles. The average Bonchev–Trinajstić information content (AvgIpc) is 2.08. The third-order valence-corrected chi connectivity index (χ3v) is 2.22. The van der Waals surface area contributed by atoms with Gasteiger partial charge in [0, 0.05) is 6.42 Å². The monoisotopic (exact) mass is 204 g/mol. The zero-order valence-corrected chi connectivity index (χ0v) is 9.36. The highest BCUT2D eigenvalue weighted by atomic mass is 19.3. The fraction of sp³-hybridized carbons (Fsp3) is 0.833. The Labute approximate surface area is 86.4 Å². The molecular weight excluding hydrogens is 182 g/mol. The van der Waals surface area contributed by atoms with E-state index in [9.17, 15) is 8.78 Å². The first-order chi connectivity index (χ1) is 6.56. The average molecular weight is 204 g/mol. The lowest BCUT2D eigenvalue weighted by atomic mass is 10.1. The molecule has 0 N–H and O–H groups in total. The van der Waals surface area contributed by atoms with Gasteiger partial charge in [-0.15, -0.1) is 0 Å². The van der Waals surface area contributed by atoms with Crippen LogP contribution in [0.4, 0.5) is 8.78 Å². The quantitative estimate of drug-likeness (QED) is 0.387. The lowest BCUT2D eigenvalue weighted by Crippen LogP contribution is -2.08. The Hall–Kier alpha value is -0.400. The van der Waals surface area contributed by atoms with Crippen LogP contribution in [0.5, 0.6) is 0 Å². The lowest BCUT2D eigenvalue weighted by Gasteiger charge is -2.08. The molecule has 0 spiro atoms. The molecule has 14 heavy (non-hydrogen) atoms. The maximum atomic E-state index is 12.4. The predicted molar refractivity (Wildman–Crippen MR) is 57.8 cm³/mol. The summed E-state index contributed by atoms with van der Waals surface area (Å²) in [4.78, 5) is 0. The van der Waals surface area contributed by atoms with Crippen LogP contribution in [-0.4, -0.2) is 5.92 Å². The predicted octanol–water partition coefficient (Wildman–Crippen LogP) is 4.95. The van der Waals surface area contributed by atoms with Crippen LogP contribution in [0.1, 0.15) is 58.8 Å². The molecule has 0 aliphatic carbocycles. The van der Waals surface area contributed by atoms with Gasteiger partial charge in [-0.25, -0.2) is 8.78 Å². The first kappa shape index (κ1) is 13.6. The van der Waals surface area contributed by atoms with Crippen LogP contribution in [0.2, 0.25) is 0 Å². The summed E-state index contributed by atoms with van der Waals surface area (Å²) < 4.78 is 24.8. The molecule has 0 radical (unpaired) electrons. The van der Waals surface area contributed by atoms with Crippen molar-refractivity contribution >= 4 is 0 Å². The second kappa shape index (κ2) is 7.95. The van der Waals surface area contributed by atoms with Gasteiger partial charge in [-0.2, -0.15) is 0 Å². The minimum Gasteiger partial charge on any atom is -0.207 e. The Morgan fingerprint density at radius 2 is 1.57 bits per heavy atom. The Bertz CT molecular complexity index is 145. The van der Waals surface area contributed by atoms with Crippen LogP contribution in [-0.2, 0) is 0 Å². The van der Waals surface area contributed by atoms with E-state index in [1.807, 2.05) is 6.92 Å². The largest absolute Gasteiger partial charge is 0.245 e. The van der Waals surface area contributed by atoms with E-state index in [-0.39, 0.29) is 6.42 Å². The third-order valence-electron chi connectivity index (χ3n) is 2.22. The van der Waals surface area contributed by atoms with Gasteiger partial charge in [-0.1, -0.05) is 31.4 Å². The minimum atomic E-state index is -2.47. The maximum absolute atomic E-state index is 12.4. The Balaban J connectivity index is 3.07. The third kappa shape index (κ3) is 11.6. The SMILES string of the molecule is C/C=C/CCCCCCCC(C)(F)F. The van der Waals surface area contributed by atoms with Gasteiger partial charge < -0.3 is 0 Å². The van der Waals surface area contributed by atoms with Crippen molar-refractivity contribution in [3.63, 3.8) is 0 Å². The number of alkyl halides is 2. The molecule has 0 saturated heterocycles. The van der Waals surface area contributed by atoms with E-state index in [0.29, 0.717) is 6.42 Å². The zero-order valence-electron chi connectivity index (χ0n) is 9.36. The molecule has 0 nitrogen and oxygen atoms in total. The summed E-state index contributed by atoms with van der Waals surface area (Å²) in [5.41, 5.74) is 0. The van der Waals surface area contributed by atoms with Gasteiger partial charge in [0.15, 0.2) is 0 Å². The van der Waals surface area contributed by atoms with E-state index >= 15 is 0 Å². The van der Waals surface area contributed by atoms with Crippen LogP contribution in [0.25, 0.3) is 0 Å². The van der Waals surface area contributed by atoms with Crippen LogP contribution in [0.3, 0.4) is 0 Å². The van der Waals surface area contributed by atoms with Crippen molar-refractivity contribution in [2.45, 2.75) is 64.7 Å². The van der Waals surface area contributed by atoms with Gasteiger partial charge in [0.25, 0.3) is 0 Å². The lowest BCUT2D eigenvalue weighted by molar-refractivity contribution is 0.0103.